The second-order valence-corrected chi connectivity index (χ2v) is 8.38. The predicted molar refractivity (Wildman–Crippen MR) is 114 cm³/mol. The second-order valence-electron chi connectivity index (χ2n) is 6.11. The van der Waals surface area contributed by atoms with Gasteiger partial charge in [0.25, 0.3) is 5.91 Å². The molecule has 1 saturated heterocycles. The molecule has 2 aromatic carbocycles. The highest BCUT2D eigenvalue weighted by Gasteiger charge is 2.20. The van der Waals surface area contributed by atoms with E-state index in [9.17, 15) is 4.79 Å². The fourth-order valence-electron chi connectivity index (χ4n) is 3.05. The number of ether oxygens (including phenoxy) is 1. The Morgan fingerprint density at radius 1 is 1.11 bits per heavy atom. The summed E-state index contributed by atoms with van der Waals surface area (Å²) in [5.41, 5.74) is 1.76. The number of rotatable bonds is 3. The SMILES string of the molecule is O=C(Nc1cccc(N2CCOCC2)c1)c1sc2cc(Cl)cc(Cl)c2c1Cl. The van der Waals surface area contributed by atoms with Crippen LogP contribution in [0.5, 0.6) is 0 Å². The van der Waals surface area contributed by atoms with Crippen LogP contribution in [0.1, 0.15) is 9.67 Å². The Hall–Kier alpha value is -1.50. The molecule has 4 rings (SSSR count). The van der Waals surface area contributed by atoms with E-state index in [0.717, 1.165) is 23.5 Å². The Kier molecular flexibility index (Phi) is 5.48. The van der Waals surface area contributed by atoms with Crippen molar-refractivity contribution in [3.05, 3.63) is 56.3 Å². The molecule has 0 atom stereocenters. The minimum absolute atomic E-state index is 0.271. The van der Waals surface area contributed by atoms with Crippen molar-refractivity contribution in [3.63, 3.8) is 0 Å². The lowest BCUT2D eigenvalue weighted by Crippen LogP contribution is -2.36. The highest BCUT2D eigenvalue weighted by Crippen LogP contribution is 2.41. The molecule has 3 aromatic rings. The molecule has 1 fully saturated rings. The van der Waals surface area contributed by atoms with Crippen molar-refractivity contribution in [2.24, 2.45) is 0 Å². The van der Waals surface area contributed by atoms with E-state index in [-0.39, 0.29) is 5.91 Å². The number of thiophene rings is 1. The fraction of sp³-hybridized carbons (Fsp3) is 0.211. The first-order valence-corrected chi connectivity index (χ1v) is 10.3. The topological polar surface area (TPSA) is 41.6 Å². The number of amides is 1. The lowest BCUT2D eigenvalue weighted by Gasteiger charge is -2.29. The van der Waals surface area contributed by atoms with Crippen LogP contribution in [0.15, 0.2) is 36.4 Å². The van der Waals surface area contributed by atoms with Gasteiger partial charge in [0.1, 0.15) is 4.88 Å². The van der Waals surface area contributed by atoms with Crippen molar-refractivity contribution >= 4 is 73.5 Å². The minimum atomic E-state index is -0.271. The molecule has 1 aliphatic rings. The quantitative estimate of drug-likeness (QED) is 0.546. The summed E-state index contributed by atoms with van der Waals surface area (Å²) in [6, 6.07) is 11.1. The number of benzene rings is 2. The van der Waals surface area contributed by atoms with Gasteiger partial charge < -0.3 is 15.0 Å². The maximum Gasteiger partial charge on any atom is 0.267 e. The third kappa shape index (κ3) is 3.89. The molecule has 0 aliphatic carbocycles. The van der Waals surface area contributed by atoms with Gasteiger partial charge in [0.15, 0.2) is 0 Å². The van der Waals surface area contributed by atoms with Crippen LogP contribution >= 0.6 is 46.1 Å². The van der Waals surface area contributed by atoms with Crippen molar-refractivity contribution < 1.29 is 9.53 Å². The smallest absolute Gasteiger partial charge is 0.267 e. The Labute approximate surface area is 175 Å². The Morgan fingerprint density at radius 2 is 1.89 bits per heavy atom. The summed E-state index contributed by atoms with van der Waals surface area (Å²) in [5.74, 6) is -0.271. The number of anilines is 2. The third-order valence-electron chi connectivity index (χ3n) is 4.34. The van der Waals surface area contributed by atoms with Crippen LogP contribution in [0.3, 0.4) is 0 Å². The van der Waals surface area contributed by atoms with Crippen LogP contribution < -0.4 is 10.2 Å². The van der Waals surface area contributed by atoms with Gasteiger partial charge in [-0.2, -0.15) is 0 Å². The van der Waals surface area contributed by atoms with Gasteiger partial charge in [-0.3, -0.25) is 4.79 Å². The van der Waals surface area contributed by atoms with E-state index in [2.05, 4.69) is 10.2 Å². The zero-order valence-electron chi connectivity index (χ0n) is 14.1. The van der Waals surface area contributed by atoms with Gasteiger partial charge in [-0.05, 0) is 30.3 Å². The number of fused-ring (bicyclic) bond motifs is 1. The molecule has 2 heterocycles. The van der Waals surface area contributed by atoms with Crippen LogP contribution in [-0.4, -0.2) is 32.2 Å². The van der Waals surface area contributed by atoms with Gasteiger partial charge in [0.05, 0.1) is 23.3 Å². The second kappa shape index (κ2) is 7.86. The molecule has 4 nitrogen and oxygen atoms in total. The predicted octanol–water partition coefficient (Wildman–Crippen LogP) is 5.95. The number of carbonyl (C=O) groups is 1. The summed E-state index contributed by atoms with van der Waals surface area (Å²) in [6.07, 6.45) is 0. The maximum atomic E-state index is 12.8. The van der Waals surface area contributed by atoms with Crippen molar-refractivity contribution in [1.29, 1.82) is 0 Å². The summed E-state index contributed by atoms with van der Waals surface area (Å²) < 4.78 is 6.17. The Balaban J connectivity index is 1.60. The summed E-state index contributed by atoms with van der Waals surface area (Å²) in [4.78, 5) is 15.4. The molecule has 1 aliphatic heterocycles. The number of carbonyl (C=O) groups excluding carboxylic acids is 1. The van der Waals surface area contributed by atoms with Gasteiger partial charge in [-0.1, -0.05) is 40.9 Å². The van der Waals surface area contributed by atoms with E-state index in [1.54, 1.807) is 12.1 Å². The van der Waals surface area contributed by atoms with E-state index in [4.69, 9.17) is 39.5 Å². The summed E-state index contributed by atoms with van der Waals surface area (Å²) in [5, 5.41) is 4.87. The van der Waals surface area contributed by atoms with E-state index < -0.39 is 0 Å². The van der Waals surface area contributed by atoms with Crippen LogP contribution in [0.2, 0.25) is 15.1 Å². The molecule has 8 heteroatoms. The first-order chi connectivity index (χ1) is 13.0. The summed E-state index contributed by atoms with van der Waals surface area (Å²) >= 11 is 20.0. The van der Waals surface area contributed by atoms with Crippen LogP contribution in [0.25, 0.3) is 10.1 Å². The highest BCUT2D eigenvalue weighted by molar-refractivity contribution is 7.21. The number of nitrogens with zero attached hydrogens (tertiary/aromatic N) is 1. The highest BCUT2D eigenvalue weighted by atomic mass is 35.5. The zero-order valence-corrected chi connectivity index (χ0v) is 17.2. The van der Waals surface area contributed by atoms with E-state index in [1.807, 2.05) is 24.3 Å². The summed E-state index contributed by atoms with van der Waals surface area (Å²) in [7, 11) is 0. The minimum Gasteiger partial charge on any atom is -0.378 e. The number of nitrogens with one attached hydrogen (secondary N) is 1. The normalized spacial score (nSPS) is 14.6. The van der Waals surface area contributed by atoms with E-state index in [1.165, 1.54) is 11.3 Å². The molecule has 1 N–H and O–H groups in total. The first kappa shape index (κ1) is 18.8. The average molecular weight is 442 g/mol. The van der Waals surface area contributed by atoms with Gasteiger partial charge in [0, 0.05) is 39.6 Å². The van der Waals surface area contributed by atoms with E-state index >= 15 is 0 Å². The van der Waals surface area contributed by atoms with Crippen molar-refractivity contribution in [2.75, 3.05) is 36.5 Å². The van der Waals surface area contributed by atoms with Crippen LogP contribution in [0, 0.1) is 0 Å². The molecule has 1 amide bonds. The lowest BCUT2D eigenvalue weighted by molar-refractivity contribution is 0.103. The maximum absolute atomic E-state index is 12.8. The van der Waals surface area contributed by atoms with Gasteiger partial charge >= 0.3 is 0 Å². The van der Waals surface area contributed by atoms with Crippen molar-refractivity contribution in [2.45, 2.75) is 0 Å². The Morgan fingerprint density at radius 3 is 2.67 bits per heavy atom. The monoisotopic (exact) mass is 440 g/mol. The number of halogens is 3. The molecular weight excluding hydrogens is 427 g/mol. The lowest BCUT2D eigenvalue weighted by atomic mass is 10.2. The van der Waals surface area contributed by atoms with Gasteiger partial charge in [0.2, 0.25) is 0 Å². The molecule has 0 radical (unpaired) electrons. The van der Waals surface area contributed by atoms with Crippen molar-refractivity contribution in [1.82, 2.24) is 0 Å². The molecular formula is C19H15Cl3N2O2S. The molecule has 1 aromatic heterocycles. The van der Waals surface area contributed by atoms with Crippen molar-refractivity contribution in [3.8, 4) is 0 Å². The zero-order chi connectivity index (χ0) is 19.0. The Bertz CT molecular complexity index is 1020. The largest absolute Gasteiger partial charge is 0.378 e. The molecule has 0 bridgehead atoms. The van der Waals surface area contributed by atoms with Gasteiger partial charge in [-0.15, -0.1) is 11.3 Å². The molecule has 0 saturated carbocycles. The third-order valence-corrected chi connectivity index (χ3v) is 6.48. The number of morpholine rings is 1. The molecule has 0 unspecified atom stereocenters. The molecule has 0 spiro atoms. The molecule has 27 heavy (non-hydrogen) atoms. The summed E-state index contributed by atoms with van der Waals surface area (Å²) in [6.45, 7) is 3.08. The molecule has 140 valence electrons. The number of hydrogen-bond acceptors (Lipinski definition) is 4. The van der Waals surface area contributed by atoms with Crippen LogP contribution in [-0.2, 0) is 4.74 Å². The fourth-order valence-corrected chi connectivity index (χ4v) is 5.32. The number of hydrogen-bond donors (Lipinski definition) is 1. The van der Waals surface area contributed by atoms with Crippen LogP contribution in [0.4, 0.5) is 11.4 Å². The van der Waals surface area contributed by atoms with E-state index in [0.29, 0.717) is 44.2 Å². The van der Waals surface area contributed by atoms with Gasteiger partial charge in [-0.25, -0.2) is 0 Å². The standard InChI is InChI=1S/C19H15Cl3N2O2S/c20-11-8-14(21)16-15(9-11)27-18(17(16)22)19(25)23-12-2-1-3-13(10-12)24-4-6-26-7-5-24/h1-3,8-10H,4-7H2,(H,23,25). The first-order valence-electron chi connectivity index (χ1n) is 8.34. The average Bonchev–Trinajstić information content (AvgIpc) is 2.99.